The highest BCUT2D eigenvalue weighted by molar-refractivity contribution is 5.95. The number of carbonyl (C=O) groups is 1. The number of carbonyl (C=O) groups excluding carboxylic acids is 1. The van der Waals surface area contributed by atoms with Crippen molar-refractivity contribution >= 4 is 16.8 Å². The fourth-order valence-corrected chi connectivity index (χ4v) is 3.93. The van der Waals surface area contributed by atoms with Crippen molar-refractivity contribution in [3.8, 4) is 5.82 Å². The number of hydrogen-bond donors (Lipinski definition) is 0. The molecule has 30 heavy (non-hydrogen) atoms. The molecule has 1 unspecified atom stereocenters. The molecule has 8 heteroatoms. The van der Waals surface area contributed by atoms with Crippen LogP contribution in [0.25, 0.3) is 16.7 Å². The van der Waals surface area contributed by atoms with Crippen molar-refractivity contribution in [2.45, 2.75) is 25.4 Å². The average Bonchev–Trinajstić information content (AvgIpc) is 3.47. The molecule has 0 saturated carbocycles. The fourth-order valence-electron chi connectivity index (χ4n) is 3.93. The zero-order valence-corrected chi connectivity index (χ0v) is 16.3. The summed E-state index contributed by atoms with van der Waals surface area (Å²) in [6, 6.07) is 14.5. The van der Waals surface area contributed by atoms with Crippen molar-refractivity contribution < 1.29 is 4.79 Å². The van der Waals surface area contributed by atoms with Crippen molar-refractivity contribution in [3.63, 3.8) is 0 Å². The van der Waals surface area contributed by atoms with Gasteiger partial charge in [-0.15, -0.1) is 0 Å². The Morgan fingerprint density at radius 3 is 2.87 bits per heavy atom. The molecule has 0 radical (unpaired) electrons. The number of benzene rings is 1. The molecule has 1 saturated heterocycles. The summed E-state index contributed by atoms with van der Waals surface area (Å²) in [4.78, 5) is 35.9. The van der Waals surface area contributed by atoms with Crippen molar-refractivity contribution in [3.05, 3.63) is 83.3 Å². The van der Waals surface area contributed by atoms with E-state index in [1.165, 1.54) is 10.7 Å². The molecule has 1 amide bonds. The highest BCUT2D eigenvalue weighted by atomic mass is 16.2. The molecule has 3 aromatic heterocycles. The first-order valence-corrected chi connectivity index (χ1v) is 9.92. The molecular weight excluding hydrogens is 380 g/mol. The Balaban J connectivity index is 1.40. The second-order valence-electron chi connectivity index (χ2n) is 7.37. The van der Waals surface area contributed by atoms with Crippen LogP contribution in [0.15, 0.2) is 72.0 Å². The third-order valence-electron chi connectivity index (χ3n) is 5.46. The highest BCUT2D eigenvalue weighted by Gasteiger charge is 2.31. The number of nitrogens with zero attached hydrogens (tertiary/aromatic N) is 6. The molecule has 1 atom stereocenters. The Bertz CT molecular complexity index is 1260. The van der Waals surface area contributed by atoms with Gasteiger partial charge >= 0.3 is 0 Å². The zero-order valence-electron chi connectivity index (χ0n) is 16.3. The first-order valence-electron chi connectivity index (χ1n) is 9.92. The van der Waals surface area contributed by atoms with E-state index in [1.807, 2.05) is 35.2 Å². The molecule has 5 rings (SSSR count). The van der Waals surface area contributed by atoms with Gasteiger partial charge in [0.05, 0.1) is 18.1 Å². The molecule has 0 aliphatic carbocycles. The van der Waals surface area contributed by atoms with Crippen molar-refractivity contribution in [2.75, 3.05) is 6.54 Å². The fraction of sp³-hybridized carbons (Fsp3) is 0.227. The minimum Gasteiger partial charge on any atom is -0.332 e. The highest BCUT2D eigenvalue weighted by Crippen LogP contribution is 2.22. The molecule has 4 aromatic rings. The molecule has 4 heterocycles. The summed E-state index contributed by atoms with van der Waals surface area (Å²) in [5.74, 6) is 0.501. The summed E-state index contributed by atoms with van der Waals surface area (Å²) in [5.41, 5.74) is 1.03. The van der Waals surface area contributed by atoms with Crippen molar-refractivity contribution in [1.82, 2.24) is 29.2 Å². The number of amides is 1. The van der Waals surface area contributed by atoms with Crippen LogP contribution in [0.3, 0.4) is 0 Å². The van der Waals surface area contributed by atoms with E-state index in [4.69, 9.17) is 0 Å². The minimum absolute atomic E-state index is 0.103. The average molecular weight is 400 g/mol. The largest absolute Gasteiger partial charge is 0.332 e. The molecule has 0 N–H and O–H groups in total. The SMILES string of the molecule is O=C(c1ccc2ccccc2n1)N1CCCC1Cn1nc(-n2ccnc2)ccc1=O. The van der Waals surface area contributed by atoms with E-state index in [2.05, 4.69) is 15.1 Å². The van der Waals surface area contributed by atoms with Crippen molar-refractivity contribution in [1.29, 1.82) is 0 Å². The maximum absolute atomic E-state index is 13.2. The molecule has 1 aliphatic rings. The first kappa shape index (κ1) is 18.2. The van der Waals surface area contributed by atoms with Gasteiger partial charge in [-0.1, -0.05) is 24.3 Å². The van der Waals surface area contributed by atoms with E-state index >= 15 is 0 Å². The topological polar surface area (TPSA) is 85.9 Å². The van der Waals surface area contributed by atoms with Gasteiger partial charge in [0.15, 0.2) is 5.82 Å². The third-order valence-corrected chi connectivity index (χ3v) is 5.46. The second-order valence-corrected chi connectivity index (χ2v) is 7.37. The summed E-state index contributed by atoms with van der Waals surface area (Å²) in [6.45, 7) is 0.995. The van der Waals surface area contributed by atoms with E-state index in [9.17, 15) is 9.59 Å². The standard InChI is InChI=1S/C22H20N6O2/c29-21-10-9-20(26-13-11-23-15-26)25-28(21)14-17-5-3-12-27(17)22(30)19-8-7-16-4-1-2-6-18(16)24-19/h1-2,4,6-11,13,15,17H,3,5,12,14H2. The van der Waals surface area contributed by atoms with Crippen LogP contribution in [-0.4, -0.2) is 47.7 Å². The van der Waals surface area contributed by atoms with Gasteiger partial charge in [0.2, 0.25) is 0 Å². The van der Waals surface area contributed by atoms with Gasteiger partial charge in [0.25, 0.3) is 11.5 Å². The van der Waals surface area contributed by atoms with Crippen molar-refractivity contribution in [2.24, 2.45) is 0 Å². The molecular formula is C22H20N6O2. The van der Waals surface area contributed by atoms with Gasteiger partial charge in [-0.25, -0.2) is 14.6 Å². The van der Waals surface area contributed by atoms with E-state index in [0.717, 1.165) is 23.7 Å². The zero-order chi connectivity index (χ0) is 20.5. The van der Waals surface area contributed by atoms with Crippen LogP contribution in [0.5, 0.6) is 0 Å². The predicted molar refractivity (Wildman–Crippen MR) is 111 cm³/mol. The summed E-state index contributed by atoms with van der Waals surface area (Å²) in [5, 5.41) is 5.46. The number of para-hydroxylation sites is 1. The molecule has 1 aliphatic heterocycles. The van der Waals surface area contributed by atoms with Crippen LogP contribution in [0.1, 0.15) is 23.3 Å². The number of rotatable bonds is 4. The number of pyridine rings is 1. The van der Waals surface area contributed by atoms with E-state index in [0.29, 0.717) is 24.6 Å². The molecule has 0 spiro atoms. The van der Waals surface area contributed by atoms with Gasteiger partial charge in [0.1, 0.15) is 12.0 Å². The normalized spacial score (nSPS) is 16.3. The van der Waals surface area contributed by atoms with Crippen LogP contribution in [0.2, 0.25) is 0 Å². The summed E-state index contributed by atoms with van der Waals surface area (Å²) >= 11 is 0. The van der Waals surface area contributed by atoms with Crippen LogP contribution in [0, 0.1) is 0 Å². The molecule has 8 nitrogen and oxygen atoms in total. The lowest BCUT2D eigenvalue weighted by molar-refractivity contribution is 0.0715. The van der Waals surface area contributed by atoms with Gasteiger partial charge in [-0.2, -0.15) is 5.10 Å². The summed E-state index contributed by atoms with van der Waals surface area (Å²) in [6.07, 6.45) is 6.77. The Hall–Kier alpha value is -3.81. The Morgan fingerprint density at radius 1 is 1.10 bits per heavy atom. The van der Waals surface area contributed by atoms with Crippen LogP contribution >= 0.6 is 0 Å². The summed E-state index contributed by atoms with van der Waals surface area (Å²) in [7, 11) is 0. The third kappa shape index (κ3) is 3.36. The van der Waals surface area contributed by atoms with E-state index in [-0.39, 0.29) is 17.5 Å². The summed E-state index contributed by atoms with van der Waals surface area (Å²) < 4.78 is 3.17. The lowest BCUT2D eigenvalue weighted by Crippen LogP contribution is -2.41. The lowest BCUT2D eigenvalue weighted by atomic mass is 10.2. The second kappa shape index (κ2) is 7.55. The maximum Gasteiger partial charge on any atom is 0.272 e. The first-order chi connectivity index (χ1) is 14.7. The Morgan fingerprint density at radius 2 is 2.00 bits per heavy atom. The monoisotopic (exact) mass is 400 g/mol. The van der Waals surface area contributed by atoms with Gasteiger partial charge in [-0.3, -0.25) is 14.2 Å². The number of likely N-dealkylation sites (tertiary alicyclic amines) is 1. The van der Waals surface area contributed by atoms with Crippen LogP contribution in [-0.2, 0) is 6.54 Å². The molecule has 150 valence electrons. The number of hydrogen-bond acceptors (Lipinski definition) is 5. The van der Waals surface area contributed by atoms with Gasteiger partial charge in [-0.05, 0) is 31.0 Å². The van der Waals surface area contributed by atoms with E-state index < -0.39 is 0 Å². The van der Waals surface area contributed by atoms with E-state index in [1.54, 1.807) is 35.4 Å². The quantitative estimate of drug-likeness (QED) is 0.525. The number of fused-ring (bicyclic) bond motifs is 1. The molecule has 0 bridgehead atoms. The Labute approximate surface area is 172 Å². The number of aromatic nitrogens is 5. The molecule has 1 fully saturated rings. The number of imidazole rings is 1. The predicted octanol–water partition coefficient (Wildman–Crippen LogP) is 2.28. The molecule has 1 aromatic carbocycles. The van der Waals surface area contributed by atoms with Crippen LogP contribution in [0.4, 0.5) is 0 Å². The Kier molecular flexibility index (Phi) is 4.59. The van der Waals surface area contributed by atoms with Gasteiger partial charge < -0.3 is 4.90 Å². The lowest BCUT2D eigenvalue weighted by Gasteiger charge is -2.24. The smallest absolute Gasteiger partial charge is 0.272 e. The van der Waals surface area contributed by atoms with Gasteiger partial charge in [0, 0.05) is 30.4 Å². The van der Waals surface area contributed by atoms with Crippen LogP contribution < -0.4 is 5.56 Å². The minimum atomic E-state index is -0.193. The maximum atomic E-state index is 13.2.